The number of likely N-dealkylation sites (tertiary alicyclic amines) is 1. The van der Waals surface area contributed by atoms with E-state index in [9.17, 15) is 18.0 Å². The predicted octanol–water partition coefficient (Wildman–Crippen LogP) is 1.02. The van der Waals surface area contributed by atoms with Crippen LogP contribution in [-0.4, -0.2) is 52.4 Å². The Balaban J connectivity index is 1.82. The van der Waals surface area contributed by atoms with Crippen LogP contribution >= 0.6 is 0 Å². The number of likely N-dealkylation sites (N-methyl/N-ethyl adjacent to an activating group) is 1. The van der Waals surface area contributed by atoms with Gasteiger partial charge in [0, 0.05) is 25.0 Å². The molecule has 1 aromatic rings. The Morgan fingerprint density at radius 3 is 2.75 bits per heavy atom. The van der Waals surface area contributed by atoms with Gasteiger partial charge < -0.3 is 5.32 Å². The van der Waals surface area contributed by atoms with Crippen molar-refractivity contribution >= 4 is 5.91 Å². The van der Waals surface area contributed by atoms with Gasteiger partial charge in [0.2, 0.25) is 5.91 Å². The number of carbonyl (C=O) groups is 1. The van der Waals surface area contributed by atoms with Gasteiger partial charge in [-0.15, -0.1) is 0 Å². The van der Waals surface area contributed by atoms with E-state index in [1.807, 2.05) is 0 Å². The van der Waals surface area contributed by atoms with Gasteiger partial charge in [-0.2, -0.15) is 18.3 Å². The van der Waals surface area contributed by atoms with Gasteiger partial charge in [-0.05, 0) is 26.0 Å². The molecule has 1 aliphatic rings. The van der Waals surface area contributed by atoms with Gasteiger partial charge in [0.25, 0.3) is 0 Å². The average Bonchev–Trinajstić information content (AvgIpc) is 2.79. The minimum absolute atomic E-state index is 0.00666. The largest absolute Gasteiger partial charge is 0.404 e. The number of rotatable bonds is 3. The quantitative estimate of drug-likeness (QED) is 0.904. The molecule has 2 rings (SSSR count). The van der Waals surface area contributed by atoms with Crippen LogP contribution in [0.4, 0.5) is 13.2 Å². The summed E-state index contributed by atoms with van der Waals surface area (Å²) < 4.78 is 39.6. The van der Waals surface area contributed by atoms with Crippen molar-refractivity contribution in [3.63, 3.8) is 0 Å². The first-order valence-corrected chi connectivity index (χ1v) is 6.40. The van der Waals surface area contributed by atoms with Crippen molar-refractivity contribution in [2.45, 2.75) is 37.6 Å². The van der Waals surface area contributed by atoms with Gasteiger partial charge in [0.1, 0.15) is 12.6 Å². The highest BCUT2D eigenvalue weighted by molar-refractivity contribution is 5.75. The molecule has 112 valence electrons. The molecule has 1 saturated heterocycles. The van der Waals surface area contributed by atoms with Crippen LogP contribution in [0.25, 0.3) is 0 Å². The summed E-state index contributed by atoms with van der Waals surface area (Å²) in [6.45, 7) is 0.283. The first kappa shape index (κ1) is 14.8. The fourth-order valence-corrected chi connectivity index (χ4v) is 2.49. The molecule has 1 aromatic heterocycles. The number of alkyl halides is 3. The number of hydrogen-bond donors (Lipinski definition) is 1. The molecule has 5 nitrogen and oxygen atoms in total. The molecule has 0 saturated carbocycles. The highest BCUT2D eigenvalue weighted by atomic mass is 19.4. The van der Waals surface area contributed by atoms with Crippen LogP contribution in [0, 0.1) is 0 Å². The minimum Gasteiger partial charge on any atom is -0.350 e. The third-order valence-electron chi connectivity index (χ3n) is 3.44. The lowest BCUT2D eigenvalue weighted by atomic mass is 9.98. The van der Waals surface area contributed by atoms with Crippen LogP contribution in [0.1, 0.15) is 12.8 Å². The Hall–Kier alpha value is -1.57. The van der Waals surface area contributed by atoms with E-state index in [4.69, 9.17) is 0 Å². The number of piperidine rings is 1. The van der Waals surface area contributed by atoms with Crippen LogP contribution in [0.3, 0.4) is 0 Å². The van der Waals surface area contributed by atoms with E-state index in [1.165, 1.54) is 16.6 Å². The molecule has 1 N–H and O–H groups in total. The van der Waals surface area contributed by atoms with Gasteiger partial charge in [-0.1, -0.05) is 0 Å². The summed E-state index contributed by atoms with van der Waals surface area (Å²) in [7, 11) is 1.43. The number of amides is 1. The summed E-state index contributed by atoms with van der Waals surface area (Å²) in [5.41, 5.74) is 0. The molecule has 2 atom stereocenters. The molecule has 8 heteroatoms. The highest BCUT2D eigenvalue weighted by Crippen LogP contribution is 2.30. The molecule has 0 aromatic carbocycles. The van der Waals surface area contributed by atoms with E-state index in [0.717, 1.165) is 0 Å². The first-order chi connectivity index (χ1) is 9.36. The zero-order valence-electron chi connectivity index (χ0n) is 11.1. The third-order valence-corrected chi connectivity index (χ3v) is 3.44. The van der Waals surface area contributed by atoms with Crippen molar-refractivity contribution in [1.29, 1.82) is 0 Å². The molecule has 20 heavy (non-hydrogen) atoms. The molecule has 2 heterocycles. The zero-order chi connectivity index (χ0) is 14.8. The minimum atomic E-state index is -4.21. The summed E-state index contributed by atoms with van der Waals surface area (Å²) in [4.78, 5) is 13.0. The maximum atomic E-state index is 12.7. The summed E-state index contributed by atoms with van der Waals surface area (Å²) >= 11 is 0. The van der Waals surface area contributed by atoms with Gasteiger partial charge in [0.15, 0.2) is 0 Å². The average molecular weight is 290 g/mol. The fraction of sp³-hybridized carbons (Fsp3) is 0.667. The lowest BCUT2D eigenvalue weighted by Crippen LogP contribution is -2.55. The van der Waals surface area contributed by atoms with E-state index in [2.05, 4.69) is 10.4 Å². The molecule has 1 fully saturated rings. The number of aromatic nitrogens is 2. The summed E-state index contributed by atoms with van der Waals surface area (Å²) in [5.74, 6) is -0.238. The van der Waals surface area contributed by atoms with E-state index < -0.39 is 12.2 Å². The fourth-order valence-electron chi connectivity index (χ4n) is 2.49. The second kappa shape index (κ2) is 5.82. The Bertz CT molecular complexity index is 446. The van der Waals surface area contributed by atoms with Crippen molar-refractivity contribution in [1.82, 2.24) is 20.0 Å². The standard InChI is InChI=1S/C12H17F3N4O/c1-18-7-9(3-4-10(18)12(13,14)15)17-11(20)8-19-6-2-5-16-19/h2,5-6,9-10H,3-4,7-8H2,1H3,(H,17,20)/t9-,10+/m1/s1. The lowest BCUT2D eigenvalue weighted by molar-refractivity contribution is -0.188. The van der Waals surface area contributed by atoms with Crippen LogP contribution in [-0.2, 0) is 11.3 Å². The summed E-state index contributed by atoms with van der Waals surface area (Å²) in [6.07, 6.45) is -0.646. The number of hydrogen-bond acceptors (Lipinski definition) is 3. The molecule has 0 radical (unpaired) electrons. The Kier molecular flexibility index (Phi) is 4.32. The van der Waals surface area contributed by atoms with Gasteiger partial charge >= 0.3 is 6.18 Å². The molecule has 0 spiro atoms. The summed E-state index contributed by atoms with van der Waals surface area (Å²) in [6, 6.07) is 0.0405. The van der Waals surface area contributed by atoms with Gasteiger partial charge in [-0.25, -0.2) is 0 Å². The van der Waals surface area contributed by atoms with Crippen molar-refractivity contribution in [2.24, 2.45) is 0 Å². The highest BCUT2D eigenvalue weighted by Gasteiger charge is 2.44. The van der Waals surface area contributed by atoms with Gasteiger partial charge in [-0.3, -0.25) is 14.4 Å². The Morgan fingerprint density at radius 1 is 1.45 bits per heavy atom. The molecule has 0 bridgehead atoms. The van der Waals surface area contributed by atoms with E-state index in [1.54, 1.807) is 18.5 Å². The second-order valence-electron chi connectivity index (χ2n) is 5.04. The predicted molar refractivity (Wildman–Crippen MR) is 65.9 cm³/mol. The molecular weight excluding hydrogens is 273 g/mol. The van der Waals surface area contributed by atoms with Crippen molar-refractivity contribution in [3.8, 4) is 0 Å². The maximum absolute atomic E-state index is 12.7. The van der Waals surface area contributed by atoms with Gasteiger partial charge in [0.05, 0.1) is 0 Å². The number of carbonyl (C=O) groups excluding carboxylic acids is 1. The molecule has 0 aliphatic carbocycles. The van der Waals surface area contributed by atoms with E-state index in [-0.39, 0.29) is 31.5 Å². The van der Waals surface area contributed by atoms with Crippen LogP contribution in [0.5, 0.6) is 0 Å². The van der Waals surface area contributed by atoms with E-state index >= 15 is 0 Å². The first-order valence-electron chi connectivity index (χ1n) is 6.40. The Morgan fingerprint density at radius 2 is 2.20 bits per heavy atom. The normalized spacial score (nSPS) is 24.6. The van der Waals surface area contributed by atoms with Crippen molar-refractivity contribution < 1.29 is 18.0 Å². The smallest absolute Gasteiger partial charge is 0.350 e. The maximum Gasteiger partial charge on any atom is 0.404 e. The van der Waals surface area contributed by atoms with Crippen molar-refractivity contribution in [3.05, 3.63) is 18.5 Å². The van der Waals surface area contributed by atoms with Crippen LogP contribution < -0.4 is 5.32 Å². The lowest BCUT2D eigenvalue weighted by Gasteiger charge is -2.38. The number of halogens is 3. The molecule has 1 aliphatic heterocycles. The second-order valence-corrected chi connectivity index (χ2v) is 5.04. The molecular formula is C12H17F3N4O. The van der Waals surface area contributed by atoms with Crippen LogP contribution in [0.2, 0.25) is 0 Å². The summed E-state index contributed by atoms with van der Waals surface area (Å²) in [5, 5.41) is 6.66. The molecule has 1 amide bonds. The van der Waals surface area contributed by atoms with E-state index in [0.29, 0.717) is 6.42 Å². The third kappa shape index (κ3) is 3.72. The monoisotopic (exact) mass is 290 g/mol. The number of nitrogens with one attached hydrogen (secondary N) is 1. The Labute approximate surface area is 114 Å². The van der Waals surface area contributed by atoms with Crippen molar-refractivity contribution in [2.75, 3.05) is 13.6 Å². The zero-order valence-corrected chi connectivity index (χ0v) is 11.1. The number of nitrogens with zero attached hydrogens (tertiary/aromatic N) is 3. The SMILES string of the molecule is CN1C[C@H](NC(=O)Cn2cccn2)CC[C@H]1C(F)(F)F. The molecule has 0 unspecified atom stereocenters. The topological polar surface area (TPSA) is 50.2 Å². The van der Waals surface area contributed by atoms with Crippen LogP contribution in [0.15, 0.2) is 18.5 Å².